The number of alkyl halides is 3. The number of amides is 1. The number of benzene rings is 1. The SMILES string of the molecule is CCN1CCCCc2cc(N=Nc3nc(C#N)c(C#N)n3C)c(NC(=O)C(F)(F)F)cc21. The highest BCUT2D eigenvalue weighted by molar-refractivity contribution is 5.98. The van der Waals surface area contributed by atoms with Gasteiger partial charge in [-0.05, 0) is 43.9 Å². The van der Waals surface area contributed by atoms with Crippen LogP contribution in [-0.4, -0.2) is 34.7 Å². The molecule has 0 atom stereocenters. The number of hydrogen-bond acceptors (Lipinski definition) is 7. The van der Waals surface area contributed by atoms with Crippen molar-refractivity contribution in [1.82, 2.24) is 9.55 Å². The lowest BCUT2D eigenvalue weighted by Gasteiger charge is -2.24. The molecule has 2 aromatic rings. The number of nitriles is 2. The molecule has 0 spiro atoms. The van der Waals surface area contributed by atoms with Crippen LogP contribution in [0.5, 0.6) is 0 Å². The third kappa shape index (κ3) is 4.54. The molecule has 1 aromatic carbocycles. The van der Waals surface area contributed by atoms with Crippen molar-refractivity contribution in [3.63, 3.8) is 0 Å². The number of nitrogens with zero attached hydrogens (tertiary/aromatic N) is 7. The topological polar surface area (TPSA) is 122 Å². The lowest BCUT2D eigenvalue weighted by Crippen LogP contribution is -2.30. The molecule has 0 bridgehead atoms. The highest BCUT2D eigenvalue weighted by atomic mass is 19.4. The zero-order valence-corrected chi connectivity index (χ0v) is 17.4. The first-order chi connectivity index (χ1) is 15.2. The third-order valence-electron chi connectivity index (χ3n) is 5.08. The van der Waals surface area contributed by atoms with E-state index in [4.69, 9.17) is 10.5 Å². The molecule has 0 aliphatic carbocycles. The maximum atomic E-state index is 12.9. The molecule has 1 amide bonds. The Hall–Kier alpha value is -3.93. The highest BCUT2D eigenvalue weighted by Gasteiger charge is 2.39. The summed E-state index contributed by atoms with van der Waals surface area (Å²) < 4.78 is 39.9. The molecule has 0 radical (unpaired) electrons. The predicted octanol–water partition coefficient (Wildman–Crippen LogP) is 4.24. The minimum absolute atomic E-state index is 0.0133. The van der Waals surface area contributed by atoms with Crippen molar-refractivity contribution in [3.05, 3.63) is 29.1 Å². The normalized spacial score (nSPS) is 13.9. The average molecular weight is 444 g/mol. The number of azo groups is 1. The number of nitrogens with one attached hydrogen (secondary N) is 1. The summed E-state index contributed by atoms with van der Waals surface area (Å²) in [5.74, 6) is -2.20. The Morgan fingerprint density at radius 2 is 2.00 bits per heavy atom. The van der Waals surface area contributed by atoms with E-state index in [0.29, 0.717) is 13.0 Å². The molecule has 1 N–H and O–H groups in total. The largest absolute Gasteiger partial charge is 0.471 e. The Bertz CT molecular complexity index is 1150. The molecule has 3 rings (SSSR count). The molecule has 0 fully saturated rings. The van der Waals surface area contributed by atoms with E-state index >= 15 is 0 Å². The third-order valence-corrected chi connectivity index (χ3v) is 5.08. The summed E-state index contributed by atoms with van der Waals surface area (Å²) in [5.41, 5.74) is 1.31. The van der Waals surface area contributed by atoms with E-state index in [0.717, 1.165) is 30.6 Å². The minimum Gasteiger partial charge on any atom is -0.372 e. The highest BCUT2D eigenvalue weighted by Crippen LogP contribution is 2.38. The number of aromatic nitrogens is 2. The maximum absolute atomic E-state index is 12.9. The summed E-state index contributed by atoms with van der Waals surface area (Å²) in [7, 11) is 1.46. The molecule has 166 valence electrons. The molecule has 1 aliphatic heterocycles. The molecule has 12 heteroatoms. The van der Waals surface area contributed by atoms with Crippen molar-refractivity contribution < 1.29 is 18.0 Å². The van der Waals surface area contributed by atoms with Gasteiger partial charge in [-0.3, -0.25) is 4.79 Å². The molecule has 0 unspecified atom stereocenters. The van der Waals surface area contributed by atoms with Crippen LogP contribution < -0.4 is 10.2 Å². The van der Waals surface area contributed by atoms with Crippen molar-refractivity contribution in [2.24, 2.45) is 17.3 Å². The maximum Gasteiger partial charge on any atom is 0.471 e. The van der Waals surface area contributed by atoms with E-state index < -0.39 is 12.1 Å². The standard InChI is InChI=1S/C20H19F3N8O/c1-3-31-7-5-4-6-12-8-14(13(9-16(12)31)26-18(32)20(21,22)23)28-29-19-27-15(10-24)17(11-25)30(19)2/h8-9H,3-7H2,1-2H3,(H,26,32). The van der Waals surface area contributed by atoms with Crippen LogP contribution in [-0.2, 0) is 18.3 Å². The predicted molar refractivity (Wildman–Crippen MR) is 109 cm³/mol. The van der Waals surface area contributed by atoms with Gasteiger partial charge in [0.1, 0.15) is 17.8 Å². The van der Waals surface area contributed by atoms with E-state index in [1.165, 1.54) is 17.7 Å². The Morgan fingerprint density at radius 3 is 2.59 bits per heavy atom. The van der Waals surface area contributed by atoms with Crippen LogP contribution in [0.3, 0.4) is 0 Å². The number of halogens is 3. The van der Waals surface area contributed by atoms with Gasteiger partial charge in [-0.15, -0.1) is 10.2 Å². The number of rotatable bonds is 4. The van der Waals surface area contributed by atoms with E-state index in [9.17, 15) is 18.0 Å². The number of fused-ring (bicyclic) bond motifs is 1. The number of anilines is 2. The van der Waals surface area contributed by atoms with Gasteiger partial charge in [0.25, 0.3) is 5.95 Å². The van der Waals surface area contributed by atoms with E-state index in [2.05, 4.69) is 15.2 Å². The lowest BCUT2D eigenvalue weighted by atomic mass is 10.1. The second-order valence-electron chi connectivity index (χ2n) is 7.08. The zero-order chi connectivity index (χ0) is 23.5. The molecule has 0 saturated carbocycles. The Labute approximate surface area is 181 Å². The van der Waals surface area contributed by atoms with Gasteiger partial charge >= 0.3 is 12.1 Å². The summed E-state index contributed by atoms with van der Waals surface area (Å²) in [5, 5.41) is 28.1. The minimum atomic E-state index is -5.07. The van der Waals surface area contributed by atoms with Crippen LogP contribution in [0.15, 0.2) is 22.4 Å². The van der Waals surface area contributed by atoms with E-state index in [1.807, 2.05) is 23.2 Å². The molecule has 1 aliphatic rings. The summed E-state index contributed by atoms with van der Waals surface area (Å²) in [6.07, 6.45) is -2.56. The van der Waals surface area contributed by atoms with Gasteiger partial charge in [-0.1, -0.05) is 0 Å². The fourth-order valence-corrected chi connectivity index (χ4v) is 3.44. The second kappa shape index (κ2) is 9.06. The van der Waals surface area contributed by atoms with E-state index in [-0.39, 0.29) is 28.7 Å². The molecule has 32 heavy (non-hydrogen) atoms. The number of aryl methyl sites for hydroxylation is 1. The molecular formula is C20H19F3N8O. The second-order valence-corrected chi connectivity index (χ2v) is 7.08. The van der Waals surface area contributed by atoms with Gasteiger partial charge in [-0.25, -0.2) is 0 Å². The van der Waals surface area contributed by atoms with Crippen molar-refractivity contribution in [2.75, 3.05) is 23.3 Å². The van der Waals surface area contributed by atoms with Gasteiger partial charge in [0.2, 0.25) is 0 Å². The number of carbonyl (C=O) groups excluding carboxylic acids is 1. The van der Waals surface area contributed by atoms with Crippen LogP contribution in [0.4, 0.5) is 36.2 Å². The lowest BCUT2D eigenvalue weighted by molar-refractivity contribution is -0.167. The molecular weight excluding hydrogens is 425 g/mol. The average Bonchev–Trinajstić information content (AvgIpc) is 2.92. The van der Waals surface area contributed by atoms with E-state index in [1.54, 1.807) is 12.1 Å². The molecule has 1 aromatic heterocycles. The van der Waals surface area contributed by atoms with Crippen LogP contribution in [0.1, 0.15) is 36.7 Å². The summed E-state index contributed by atoms with van der Waals surface area (Å²) in [4.78, 5) is 17.6. The van der Waals surface area contributed by atoms with Gasteiger partial charge < -0.3 is 14.8 Å². The fourth-order valence-electron chi connectivity index (χ4n) is 3.44. The summed E-state index contributed by atoms with van der Waals surface area (Å²) >= 11 is 0. The summed E-state index contributed by atoms with van der Waals surface area (Å²) in [6.45, 7) is 3.34. The van der Waals surface area contributed by atoms with Crippen molar-refractivity contribution in [1.29, 1.82) is 10.5 Å². The fraction of sp³-hybridized carbons (Fsp3) is 0.400. The van der Waals surface area contributed by atoms with Crippen molar-refractivity contribution >= 4 is 28.9 Å². The monoisotopic (exact) mass is 444 g/mol. The Morgan fingerprint density at radius 1 is 1.25 bits per heavy atom. The Balaban J connectivity index is 2.09. The number of carbonyl (C=O) groups is 1. The van der Waals surface area contributed by atoms with Gasteiger partial charge in [0.05, 0.1) is 5.69 Å². The molecule has 0 saturated heterocycles. The Kier molecular flexibility index (Phi) is 6.44. The number of hydrogen-bond donors (Lipinski definition) is 1. The quantitative estimate of drug-likeness (QED) is 0.707. The smallest absolute Gasteiger partial charge is 0.372 e. The molecule has 9 nitrogen and oxygen atoms in total. The summed E-state index contributed by atoms with van der Waals surface area (Å²) in [6, 6.07) is 6.68. The van der Waals surface area contributed by atoms with Crippen LogP contribution in [0, 0.1) is 22.7 Å². The first kappa shape index (κ1) is 22.7. The number of imidazole rings is 1. The van der Waals surface area contributed by atoms with Gasteiger partial charge in [-0.2, -0.15) is 28.7 Å². The van der Waals surface area contributed by atoms with Crippen LogP contribution in [0.25, 0.3) is 0 Å². The zero-order valence-electron chi connectivity index (χ0n) is 17.4. The van der Waals surface area contributed by atoms with Gasteiger partial charge in [0, 0.05) is 25.8 Å². The van der Waals surface area contributed by atoms with Crippen molar-refractivity contribution in [3.8, 4) is 12.1 Å². The van der Waals surface area contributed by atoms with Crippen LogP contribution in [0.2, 0.25) is 0 Å². The molecule has 2 heterocycles. The first-order valence-corrected chi connectivity index (χ1v) is 9.78. The van der Waals surface area contributed by atoms with Crippen LogP contribution >= 0.6 is 0 Å². The van der Waals surface area contributed by atoms with Gasteiger partial charge in [0.15, 0.2) is 11.4 Å². The van der Waals surface area contributed by atoms with Crippen molar-refractivity contribution in [2.45, 2.75) is 32.4 Å². The first-order valence-electron chi connectivity index (χ1n) is 9.78.